The lowest BCUT2D eigenvalue weighted by Crippen LogP contribution is -2.46. The van der Waals surface area contributed by atoms with Crippen molar-refractivity contribution in [2.24, 2.45) is 0 Å². The number of rotatable bonds is 2. The summed E-state index contributed by atoms with van der Waals surface area (Å²) in [5, 5.41) is 3.25. The third-order valence-corrected chi connectivity index (χ3v) is 6.98. The van der Waals surface area contributed by atoms with E-state index in [4.69, 9.17) is 0 Å². The Morgan fingerprint density at radius 3 is 2.75 bits per heavy atom. The van der Waals surface area contributed by atoms with Crippen LogP contribution in [0.2, 0.25) is 0 Å². The van der Waals surface area contributed by atoms with Crippen LogP contribution in [0.1, 0.15) is 25.0 Å². The Kier molecular flexibility index (Phi) is 3.61. The highest BCUT2D eigenvalue weighted by Crippen LogP contribution is 2.33. The number of fused-ring (bicyclic) bond motifs is 1. The molecule has 0 radical (unpaired) electrons. The molecule has 0 spiro atoms. The van der Waals surface area contributed by atoms with Gasteiger partial charge in [0.1, 0.15) is 0 Å². The monoisotopic (exact) mass is 312 g/mol. The fraction of sp³-hybridized carbons (Fsp3) is 0.571. The number of nitrogens with one attached hydrogen (secondary N) is 1. The maximum atomic E-state index is 12.8. The van der Waals surface area contributed by atoms with Gasteiger partial charge in [0.15, 0.2) is 0 Å². The van der Waals surface area contributed by atoms with Gasteiger partial charge in [0.25, 0.3) is 0 Å². The van der Waals surface area contributed by atoms with Crippen molar-refractivity contribution in [3.05, 3.63) is 29.3 Å². The lowest BCUT2D eigenvalue weighted by Gasteiger charge is -2.36. The van der Waals surface area contributed by atoms with Crippen molar-refractivity contribution in [2.45, 2.75) is 36.6 Å². The Hall–Kier alpha value is -0.560. The number of thioether (sulfide) groups is 1. The summed E-state index contributed by atoms with van der Waals surface area (Å²) in [6, 6.07) is 5.52. The molecule has 1 N–H and O–H groups in total. The molecule has 110 valence electrons. The Labute approximate surface area is 125 Å². The summed E-state index contributed by atoms with van der Waals surface area (Å²) in [5.74, 6) is 0.860. The van der Waals surface area contributed by atoms with E-state index in [-0.39, 0.29) is 4.75 Å². The minimum absolute atomic E-state index is 0.0103. The van der Waals surface area contributed by atoms with Gasteiger partial charge in [0, 0.05) is 36.7 Å². The van der Waals surface area contributed by atoms with E-state index in [0.717, 1.165) is 24.4 Å². The van der Waals surface area contributed by atoms with Gasteiger partial charge in [-0.05, 0) is 37.1 Å². The lowest BCUT2D eigenvalue weighted by molar-refractivity contribution is 0.387. The fourth-order valence-electron chi connectivity index (χ4n) is 2.76. The molecule has 0 bridgehead atoms. The van der Waals surface area contributed by atoms with Crippen LogP contribution in [-0.2, 0) is 23.1 Å². The third kappa shape index (κ3) is 2.62. The molecule has 3 rings (SSSR count). The molecule has 4 nitrogen and oxygen atoms in total. The van der Waals surface area contributed by atoms with Gasteiger partial charge in [0.05, 0.1) is 4.90 Å². The quantitative estimate of drug-likeness (QED) is 0.905. The van der Waals surface area contributed by atoms with Crippen LogP contribution in [0.15, 0.2) is 23.1 Å². The van der Waals surface area contributed by atoms with Crippen LogP contribution in [0.25, 0.3) is 0 Å². The summed E-state index contributed by atoms with van der Waals surface area (Å²) in [4.78, 5) is 0.433. The second-order valence-electron chi connectivity index (χ2n) is 5.98. The molecule has 0 unspecified atom stereocenters. The van der Waals surface area contributed by atoms with Crippen LogP contribution >= 0.6 is 11.8 Å². The predicted molar refractivity (Wildman–Crippen MR) is 82.3 cm³/mol. The van der Waals surface area contributed by atoms with Gasteiger partial charge >= 0.3 is 0 Å². The second-order valence-corrected chi connectivity index (χ2v) is 9.72. The second kappa shape index (κ2) is 5.02. The SMILES string of the molecule is CC1(C)CN(S(=O)(=O)c2ccc3c(c2)CNC3)CCS1. The van der Waals surface area contributed by atoms with Crippen LogP contribution in [-0.4, -0.2) is 36.3 Å². The number of hydrogen-bond donors (Lipinski definition) is 1. The van der Waals surface area contributed by atoms with Crippen molar-refractivity contribution in [1.82, 2.24) is 9.62 Å². The van der Waals surface area contributed by atoms with E-state index in [1.807, 2.05) is 23.9 Å². The minimum Gasteiger partial charge on any atom is -0.309 e. The predicted octanol–water partition coefficient (Wildman–Crippen LogP) is 1.81. The van der Waals surface area contributed by atoms with Crippen molar-refractivity contribution in [1.29, 1.82) is 0 Å². The first-order valence-corrected chi connectivity index (χ1v) is 9.28. The molecule has 1 aromatic rings. The number of sulfonamides is 1. The molecular formula is C14H20N2O2S2. The van der Waals surface area contributed by atoms with Crippen molar-refractivity contribution in [2.75, 3.05) is 18.8 Å². The first-order chi connectivity index (χ1) is 9.38. The molecule has 0 atom stereocenters. The van der Waals surface area contributed by atoms with Crippen LogP contribution in [0.5, 0.6) is 0 Å². The van der Waals surface area contributed by atoms with Crippen molar-refractivity contribution < 1.29 is 8.42 Å². The fourth-order valence-corrected chi connectivity index (χ4v) is 5.72. The average molecular weight is 312 g/mol. The standard InChI is InChI=1S/C14H20N2O2S2/c1-14(2)10-16(5-6-19-14)20(17,18)13-4-3-11-8-15-9-12(11)7-13/h3-4,7,15H,5-6,8-10H2,1-2H3. The molecule has 2 aliphatic heterocycles. The van der Waals surface area contributed by atoms with Gasteiger partial charge in [-0.2, -0.15) is 16.1 Å². The van der Waals surface area contributed by atoms with E-state index in [9.17, 15) is 8.42 Å². The zero-order valence-electron chi connectivity index (χ0n) is 11.8. The average Bonchev–Trinajstić information content (AvgIpc) is 2.84. The van der Waals surface area contributed by atoms with E-state index < -0.39 is 10.0 Å². The van der Waals surface area contributed by atoms with Crippen LogP contribution in [0.4, 0.5) is 0 Å². The van der Waals surface area contributed by atoms with Gasteiger partial charge in [0.2, 0.25) is 10.0 Å². The highest BCUT2D eigenvalue weighted by Gasteiger charge is 2.34. The summed E-state index contributed by atoms with van der Waals surface area (Å²) >= 11 is 1.84. The van der Waals surface area contributed by atoms with Gasteiger partial charge in [-0.1, -0.05) is 6.07 Å². The van der Waals surface area contributed by atoms with E-state index >= 15 is 0 Å². The Morgan fingerprint density at radius 2 is 2.00 bits per heavy atom. The topological polar surface area (TPSA) is 49.4 Å². The molecule has 0 saturated carbocycles. The molecule has 6 heteroatoms. The normalized spacial score (nSPS) is 22.7. The zero-order chi connectivity index (χ0) is 14.4. The molecule has 0 aliphatic carbocycles. The van der Waals surface area contributed by atoms with Gasteiger partial charge < -0.3 is 5.32 Å². The van der Waals surface area contributed by atoms with Crippen LogP contribution < -0.4 is 5.32 Å². The third-order valence-electron chi connectivity index (χ3n) is 3.84. The summed E-state index contributed by atoms with van der Waals surface area (Å²) in [6.45, 7) is 6.99. The van der Waals surface area contributed by atoms with E-state index in [1.165, 1.54) is 5.56 Å². The number of hydrogen-bond acceptors (Lipinski definition) is 4. The molecule has 1 fully saturated rings. The van der Waals surface area contributed by atoms with Gasteiger partial charge in [-0.25, -0.2) is 8.42 Å². The number of nitrogens with zero attached hydrogens (tertiary/aromatic N) is 1. The molecule has 20 heavy (non-hydrogen) atoms. The molecule has 0 aromatic heterocycles. The Balaban J connectivity index is 1.92. The van der Waals surface area contributed by atoms with Crippen molar-refractivity contribution in [3.8, 4) is 0 Å². The minimum atomic E-state index is -3.36. The zero-order valence-corrected chi connectivity index (χ0v) is 13.5. The van der Waals surface area contributed by atoms with E-state index in [0.29, 0.717) is 18.0 Å². The first-order valence-electron chi connectivity index (χ1n) is 6.85. The van der Waals surface area contributed by atoms with Crippen molar-refractivity contribution in [3.63, 3.8) is 0 Å². The Morgan fingerprint density at radius 1 is 1.25 bits per heavy atom. The molecule has 1 saturated heterocycles. The van der Waals surface area contributed by atoms with Crippen molar-refractivity contribution >= 4 is 21.8 Å². The number of benzene rings is 1. The van der Waals surface area contributed by atoms with E-state index in [1.54, 1.807) is 10.4 Å². The maximum Gasteiger partial charge on any atom is 0.243 e. The van der Waals surface area contributed by atoms with Gasteiger partial charge in [-0.15, -0.1) is 0 Å². The maximum absolute atomic E-state index is 12.8. The summed E-state index contributed by atoms with van der Waals surface area (Å²) in [6.07, 6.45) is 0. The van der Waals surface area contributed by atoms with E-state index in [2.05, 4.69) is 19.2 Å². The van der Waals surface area contributed by atoms with Crippen LogP contribution in [0, 0.1) is 0 Å². The largest absolute Gasteiger partial charge is 0.309 e. The molecule has 2 aliphatic rings. The molecule has 1 aromatic carbocycles. The summed E-state index contributed by atoms with van der Waals surface area (Å²) in [7, 11) is -3.36. The summed E-state index contributed by atoms with van der Waals surface area (Å²) in [5.41, 5.74) is 2.31. The van der Waals surface area contributed by atoms with Crippen LogP contribution in [0.3, 0.4) is 0 Å². The first kappa shape index (κ1) is 14.4. The highest BCUT2D eigenvalue weighted by atomic mass is 32.2. The lowest BCUT2D eigenvalue weighted by atomic mass is 10.1. The smallest absolute Gasteiger partial charge is 0.243 e. The summed E-state index contributed by atoms with van der Waals surface area (Å²) < 4.78 is 27.2. The Bertz CT molecular complexity index is 626. The molecular weight excluding hydrogens is 292 g/mol. The highest BCUT2D eigenvalue weighted by molar-refractivity contribution is 8.00. The molecule has 2 heterocycles. The molecule has 0 amide bonds. The van der Waals surface area contributed by atoms with Gasteiger partial charge in [-0.3, -0.25) is 0 Å².